The van der Waals surface area contributed by atoms with Crippen LogP contribution in [0.4, 0.5) is 10.6 Å². The molecule has 5 rings (SSSR count). The number of benzene rings is 2. The summed E-state index contributed by atoms with van der Waals surface area (Å²) in [7, 11) is 1.39. The summed E-state index contributed by atoms with van der Waals surface area (Å²) in [4.78, 5) is 29.7. The molecule has 0 radical (unpaired) electrons. The zero-order valence-corrected chi connectivity index (χ0v) is 25.7. The number of nitrogens with two attached hydrogens (primary N) is 1. The minimum atomic E-state index is -0.713. The van der Waals surface area contributed by atoms with Crippen LogP contribution >= 0.6 is 0 Å². The molecule has 0 spiro atoms. The highest BCUT2D eigenvalue weighted by molar-refractivity contribution is 5.92. The molecule has 1 aromatic heterocycles. The summed E-state index contributed by atoms with van der Waals surface area (Å²) in [6.45, 7) is 6.05. The minimum absolute atomic E-state index is 0.0591. The monoisotopic (exact) mass is 584 g/mol. The highest BCUT2D eigenvalue weighted by Crippen LogP contribution is 2.46. The Morgan fingerprint density at radius 1 is 1.02 bits per heavy atom. The maximum Gasteiger partial charge on any atom is 0.407 e. The fraction of sp³-hybridized carbons (Fsp3) is 0.457. The molecule has 8 heteroatoms. The van der Waals surface area contributed by atoms with E-state index in [9.17, 15) is 14.7 Å². The number of amides is 2. The van der Waals surface area contributed by atoms with Crippen molar-refractivity contribution in [1.29, 1.82) is 0 Å². The van der Waals surface area contributed by atoms with Gasteiger partial charge in [0.1, 0.15) is 5.82 Å². The first-order valence-corrected chi connectivity index (χ1v) is 15.3. The lowest BCUT2D eigenvalue weighted by Crippen LogP contribution is -2.58. The molecule has 43 heavy (non-hydrogen) atoms. The number of ether oxygens (including phenoxy) is 1. The molecule has 2 aliphatic carbocycles. The van der Waals surface area contributed by atoms with Gasteiger partial charge >= 0.3 is 6.09 Å². The molecule has 8 nitrogen and oxygen atoms in total. The molecule has 0 bridgehead atoms. The van der Waals surface area contributed by atoms with Gasteiger partial charge in [-0.15, -0.1) is 0 Å². The third-order valence-corrected chi connectivity index (χ3v) is 9.53. The first kappa shape index (κ1) is 30.7. The third kappa shape index (κ3) is 6.76. The molecule has 228 valence electrons. The average Bonchev–Trinajstić information content (AvgIpc) is 2.97. The Bertz CT molecular complexity index is 1440. The van der Waals surface area contributed by atoms with E-state index in [2.05, 4.69) is 41.6 Å². The van der Waals surface area contributed by atoms with Crippen molar-refractivity contribution in [3.8, 4) is 22.3 Å². The van der Waals surface area contributed by atoms with Crippen LogP contribution < -0.4 is 16.4 Å². The molecule has 0 atom stereocenters. The van der Waals surface area contributed by atoms with Gasteiger partial charge in [-0.2, -0.15) is 0 Å². The van der Waals surface area contributed by atoms with Gasteiger partial charge in [0.2, 0.25) is 5.91 Å². The van der Waals surface area contributed by atoms with E-state index < -0.39 is 17.2 Å². The van der Waals surface area contributed by atoms with E-state index in [0.29, 0.717) is 25.1 Å². The van der Waals surface area contributed by atoms with Crippen LogP contribution in [-0.2, 0) is 15.1 Å². The van der Waals surface area contributed by atoms with Crippen LogP contribution in [-0.4, -0.2) is 40.3 Å². The summed E-state index contributed by atoms with van der Waals surface area (Å²) in [5.41, 5.74) is 10.00. The van der Waals surface area contributed by atoms with Crippen molar-refractivity contribution in [3.05, 3.63) is 72.4 Å². The van der Waals surface area contributed by atoms with E-state index in [-0.39, 0.29) is 23.3 Å². The van der Waals surface area contributed by atoms with Crippen LogP contribution in [0.3, 0.4) is 0 Å². The van der Waals surface area contributed by atoms with Crippen LogP contribution in [0.2, 0.25) is 0 Å². The number of carbonyl (C=O) groups is 2. The second-order valence-corrected chi connectivity index (χ2v) is 13.2. The summed E-state index contributed by atoms with van der Waals surface area (Å²) in [5.74, 6) is 0.961. The quantitative estimate of drug-likeness (QED) is 0.243. The number of anilines is 1. The van der Waals surface area contributed by atoms with Gasteiger partial charge in [-0.05, 0) is 85.6 Å². The fourth-order valence-electron chi connectivity index (χ4n) is 7.06. The van der Waals surface area contributed by atoms with E-state index in [1.165, 1.54) is 7.11 Å². The van der Waals surface area contributed by atoms with Gasteiger partial charge in [-0.3, -0.25) is 4.79 Å². The molecule has 2 fully saturated rings. The standard InChI is InChI=1S/C35H44N4O4/c1-23(2)35(39-32(41)43-4)16-14-24(15-17-35)18-31(40)38-30-19-28(25-8-6-5-7-9-25)29(20-37-30)26-10-12-27(13-11-26)34(36)21-33(3,42)22-34/h5-13,19-20,23-24,42H,14-18,21-22,36H2,1-4H3,(H,39,41)(H,37,38,40). The van der Waals surface area contributed by atoms with Crippen molar-refractivity contribution in [2.75, 3.05) is 12.4 Å². The Labute approximate surface area is 254 Å². The first-order chi connectivity index (χ1) is 20.4. The molecule has 5 N–H and O–H groups in total. The molecule has 2 amide bonds. The summed E-state index contributed by atoms with van der Waals surface area (Å²) >= 11 is 0. The maximum absolute atomic E-state index is 13.1. The Balaban J connectivity index is 1.29. The van der Waals surface area contributed by atoms with Crippen LogP contribution in [0.1, 0.15) is 71.3 Å². The lowest BCUT2D eigenvalue weighted by molar-refractivity contribution is -0.117. The third-order valence-electron chi connectivity index (χ3n) is 9.53. The lowest BCUT2D eigenvalue weighted by Gasteiger charge is -2.49. The molecule has 3 aromatic rings. The minimum Gasteiger partial charge on any atom is -0.453 e. The zero-order valence-electron chi connectivity index (χ0n) is 25.7. The SMILES string of the molecule is COC(=O)NC1(C(C)C)CCC(CC(=O)Nc2cc(-c3ccccc3)c(-c3ccc(C4(N)CC(C)(O)C4)cc3)cn2)CC1. The smallest absolute Gasteiger partial charge is 0.407 e. The van der Waals surface area contributed by atoms with Crippen molar-refractivity contribution in [2.45, 2.75) is 82.4 Å². The number of alkyl carbamates (subject to hydrolysis) is 1. The topological polar surface area (TPSA) is 127 Å². The zero-order chi connectivity index (χ0) is 30.8. The molecule has 0 unspecified atom stereocenters. The number of aromatic nitrogens is 1. The molecular weight excluding hydrogens is 540 g/mol. The Hall–Kier alpha value is -3.75. The highest BCUT2D eigenvalue weighted by Gasteiger charge is 2.49. The molecule has 0 aliphatic heterocycles. The summed E-state index contributed by atoms with van der Waals surface area (Å²) in [5, 5.41) is 16.3. The average molecular weight is 585 g/mol. The van der Waals surface area contributed by atoms with E-state index in [0.717, 1.165) is 53.5 Å². The largest absolute Gasteiger partial charge is 0.453 e. The Morgan fingerprint density at radius 2 is 1.65 bits per heavy atom. The molecular formula is C35H44N4O4. The van der Waals surface area contributed by atoms with Crippen molar-refractivity contribution < 1.29 is 19.4 Å². The van der Waals surface area contributed by atoms with Crippen molar-refractivity contribution in [3.63, 3.8) is 0 Å². The Morgan fingerprint density at radius 3 is 2.23 bits per heavy atom. The number of methoxy groups -OCH3 is 1. The van der Waals surface area contributed by atoms with Gasteiger partial charge in [-0.1, -0.05) is 68.4 Å². The van der Waals surface area contributed by atoms with E-state index >= 15 is 0 Å². The van der Waals surface area contributed by atoms with Crippen molar-refractivity contribution >= 4 is 17.8 Å². The molecule has 2 aromatic carbocycles. The maximum atomic E-state index is 13.1. The van der Waals surface area contributed by atoms with Gasteiger partial charge in [0.25, 0.3) is 0 Å². The summed E-state index contributed by atoms with van der Waals surface area (Å²) in [6, 6.07) is 20.2. The number of hydrogen-bond acceptors (Lipinski definition) is 6. The summed E-state index contributed by atoms with van der Waals surface area (Å²) in [6.07, 6.45) is 6.23. The number of pyridine rings is 1. The number of aliphatic hydroxyl groups is 1. The predicted octanol–water partition coefficient (Wildman–Crippen LogP) is 6.38. The molecule has 1 heterocycles. The predicted molar refractivity (Wildman–Crippen MR) is 169 cm³/mol. The number of hydrogen-bond donors (Lipinski definition) is 4. The number of rotatable bonds is 8. The molecule has 0 saturated heterocycles. The van der Waals surface area contributed by atoms with Crippen LogP contribution in [0, 0.1) is 11.8 Å². The van der Waals surface area contributed by atoms with Crippen molar-refractivity contribution in [2.24, 2.45) is 17.6 Å². The lowest BCUT2D eigenvalue weighted by atomic mass is 9.63. The second kappa shape index (κ2) is 12.1. The van der Waals surface area contributed by atoms with Crippen LogP contribution in [0.15, 0.2) is 66.9 Å². The number of nitrogens with zero attached hydrogens (tertiary/aromatic N) is 1. The highest BCUT2D eigenvalue weighted by atomic mass is 16.5. The Kier molecular flexibility index (Phi) is 8.63. The normalized spacial score (nSPS) is 26.8. The van der Waals surface area contributed by atoms with Gasteiger partial charge in [-0.25, -0.2) is 9.78 Å². The second-order valence-electron chi connectivity index (χ2n) is 13.2. The van der Waals surface area contributed by atoms with E-state index in [4.69, 9.17) is 10.5 Å². The van der Waals surface area contributed by atoms with Crippen LogP contribution in [0.5, 0.6) is 0 Å². The van der Waals surface area contributed by atoms with E-state index in [1.54, 1.807) is 0 Å². The van der Waals surface area contributed by atoms with Gasteiger partial charge < -0.3 is 26.2 Å². The van der Waals surface area contributed by atoms with Crippen molar-refractivity contribution in [1.82, 2.24) is 10.3 Å². The fourth-order valence-corrected chi connectivity index (χ4v) is 7.06. The van der Waals surface area contributed by atoms with Gasteiger partial charge in [0.15, 0.2) is 0 Å². The first-order valence-electron chi connectivity index (χ1n) is 15.3. The van der Waals surface area contributed by atoms with Crippen LogP contribution in [0.25, 0.3) is 22.3 Å². The number of nitrogens with one attached hydrogen (secondary N) is 2. The summed E-state index contributed by atoms with van der Waals surface area (Å²) < 4.78 is 4.86. The number of carbonyl (C=O) groups excluding carboxylic acids is 2. The van der Waals surface area contributed by atoms with E-state index in [1.807, 2.05) is 61.7 Å². The van der Waals surface area contributed by atoms with Gasteiger partial charge in [0, 0.05) is 29.3 Å². The molecule has 2 saturated carbocycles. The van der Waals surface area contributed by atoms with Gasteiger partial charge in [0.05, 0.1) is 12.7 Å². The molecule has 2 aliphatic rings.